The molecule has 0 heterocycles. The van der Waals surface area contributed by atoms with Gasteiger partial charge in [0.1, 0.15) is 0 Å². The molecule has 0 unspecified atom stereocenters. The van der Waals surface area contributed by atoms with Crippen molar-refractivity contribution >= 4 is 0 Å². The molecule has 0 atom stereocenters. The van der Waals surface area contributed by atoms with Crippen molar-refractivity contribution in [3.05, 3.63) is 7.11 Å². The molecule has 0 aromatic heterocycles. The fraction of sp³-hybridized carbons (Fsp3) is 0.800. The monoisotopic (exact) mass is 87.1 g/mol. The second kappa shape index (κ2) is 4.96. The molecule has 0 spiro atoms. The van der Waals surface area contributed by atoms with Crippen LogP contribution in [0, 0.1) is 7.11 Å². The van der Waals surface area contributed by atoms with Gasteiger partial charge in [0.2, 0.25) is 0 Å². The lowest BCUT2D eigenvalue weighted by Gasteiger charge is -1.89. The van der Waals surface area contributed by atoms with Gasteiger partial charge in [0.25, 0.3) is 0 Å². The van der Waals surface area contributed by atoms with Gasteiger partial charge in [-0.3, -0.25) is 0 Å². The van der Waals surface area contributed by atoms with Gasteiger partial charge in [-0.15, -0.1) is 0 Å². The quantitative estimate of drug-likeness (QED) is 0.475. The van der Waals surface area contributed by atoms with Crippen LogP contribution < -0.4 is 0 Å². The summed E-state index contributed by atoms with van der Waals surface area (Å²) in [6, 6.07) is 0. The van der Waals surface area contributed by atoms with Crippen molar-refractivity contribution in [1.29, 1.82) is 0 Å². The highest BCUT2D eigenvalue weighted by Crippen LogP contribution is 1.84. The summed E-state index contributed by atoms with van der Waals surface area (Å²) in [5, 5.41) is 0. The highest BCUT2D eigenvalue weighted by atomic mass is 16.5. The van der Waals surface area contributed by atoms with Crippen molar-refractivity contribution in [1.82, 2.24) is 0 Å². The van der Waals surface area contributed by atoms with Crippen LogP contribution in [-0.4, -0.2) is 6.61 Å². The van der Waals surface area contributed by atoms with E-state index in [1.165, 1.54) is 6.42 Å². The number of hydrogen-bond donors (Lipinski definition) is 0. The summed E-state index contributed by atoms with van der Waals surface area (Å²) >= 11 is 0. The number of rotatable bonds is 3. The minimum atomic E-state index is 0.802. The minimum Gasteiger partial charge on any atom is -0.379 e. The van der Waals surface area contributed by atoms with Crippen molar-refractivity contribution in [2.24, 2.45) is 0 Å². The highest BCUT2D eigenvalue weighted by molar-refractivity contribution is 4.27. The van der Waals surface area contributed by atoms with E-state index in [2.05, 4.69) is 18.8 Å². The third-order valence-electron chi connectivity index (χ3n) is 0.642. The van der Waals surface area contributed by atoms with E-state index in [1.807, 2.05) is 0 Å². The average Bonchev–Trinajstić information content (AvgIpc) is 1.61. The predicted octanol–water partition coefficient (Wildman–Crippen LogP) is 1.59. The maximum atomic E-state index is 4.53. The van der Waals surface area contributed by atoms with Gasteiger partial charge in [-0.2, -0.15) is 0 Å². The minimum absolute atomic E-state index is 0.802. The van der Waals surface area contributed by atoms with Crippen molar-refractivity contribution in [2.75, 3.05) is 6.61 Å². The predicted molar refractivity (Wildman–Crippen MR) is 26.2 cm³/mol. The summed E-state index contributed by atoms with van der Waals surface area (Å²) < 4.78 is 4.53. The van der Waals surface area contributed by atoms with Crippen LogP contribution in [0.4, 0.5) is 0 Å². The Morgan fingerprint density at radius 2 is 2.33 bits per heavy atom. The Morgan fingerprint density at radius 3 is 2.50 bits per heavy atom. The molecule has 0 aliphatic carbocycles. The van der Waals surface area contributed by atoms with Crippen LogP contribution in [0.5, 0.6) is 0 Å². The summed E-state index contributed by atoms with van der Waals surface area (Å²) in [6.45, 7) is 2.93. The standard InChI is InChI=1S/C5H11O/c1-3-4-5-6-2/h2-5H2,1H3. The topological polar surface area (TPSA) is 9.23 Å². The average molecular weight is 87.1 g/mol. The molecule has 0 bridgehead atoms. The van der Waals surface area contributed by atoms with Crippen LogP contribution >= 0.6 is 0 Å². The number of hydrogen-bond acceptors (Lipinski definition) is 1. The molecule has 37 valence electrons. The largest absolute Gasteiger partial charge is 0.379 e. The van der Waals surface area contributed by atoms with Crippen LogP contribution in [0.1, 0.15) is 19.8 Å². The van der Waals surface area contributed by atoms with Gasteiger partial charge in [-0.25, -0.2) is 0 Å². The molecule has 6 heavy (non-hydrogen) atoms. The van der Waals surface area contributed by atoms with E-state index in [-0.39, 0.29) is 0 Å². The first-order chi connectivity index (χ1) is 2.91. The summed E-state index contributed by atoms with van der Waals surface area (Å²) in [6.07, 6.45) is 2.32. The van der Waals surface area contributed by atoms with Crippen LogP contribution in [0.3, 0.4) is 0 Å². The third-order valence-corrected chi connectivity index (χ3v) is 0.642. The van der Waals surface area contributed by atoms with E-state index in [0.29, 0.717) is 0 Å². The molecule has 1 nitrogen and oxygen atoms in total. The van der Waals surface area contributed by atoms with Crippen molar-refractivity contribution in [2.45, 2.75) is 19.8 Å². The normalized spacial score (nSPS) is 9.00. The van der Waals surface area contributed by atoms with Gasteiger partial charge in [-0.05, 0) is 6.42 Å². The maximum absolute atomic E-state index is 4.53. The van der Waals surface area contributed by atoms with Gasteiger partial charge >= 0.3 is 0 Å². The van der Waals surface area contributed by atoms with Crippen molar-refractivity contribution in [3.8, 4) is 0 Å². The fourth-order valence-electron chi connectivity index (χ4n) is 0.246. The fourth-order valence-corrected chi connectivity index (χ4v) is 0.246. The Kier molecular flexibility index (Phi) is 4.93. The Bertz CT molecular complexity index is 15.9. The molecule has 0 saturated carbocycles. The van der Waals surface area contributed by atoms with Crippen LogP contribution in [0.2, 0.25) is 0 Å². The summed E-state index contributed by atoms with van der Waals surface area (Å²) in [5.41, 5.74) is 0. The summed E-state index contributed by atoms with van der Waals surface area (Å²) in [4.78, 5) is 0. The second-order valence-electron chi connectivity index (χ2n) is 1.26. The lowest BCUT2D eigenvalue weighted by Crippen LogP contribution is -1.81. The van der Waals surface area contributed by atoms with Gasteiger partial charge in [0, 0.05) is 6.61 Å². The lowest BCUT2D eigenvalue weighted by atomic mass is 10.4. The zero-order chi connectivity index (χ0) is 4.83. The first kappa shape index (κ1) is 5.96. The molecule has 0 aliphatic rings. The highest BCUT2D eigenvalue weighted by Gasteiger charge is 1.74. The Hall–Kier alpha value is -0.0400. The molecule has 0 fully saturated rings. The van der Waals surface area contributed by atoms with Crippen molar-refractivity contribution in [3.63, 3.8) is 0 Å². The molecule has 0 aliphatic heterocycles. The van der Waals surface area contributed by atoms with E-state index < -0.39 is 0 Å². The first-order valence-electron chi connectivity index (χ1n) is 2.28. The SMILES string of the molecule is [CH2]OCCCC. The van der Waals surface area contributed by atoms with Crippen LogP contribution in [0.15, 0.2) is 0 Å². The van der Waals surface area contributed by atoms with Crippen molar-refractivity contribution < 1.29 is 4.74 Å². The summed E-state index contributed by atoms with van der Waals surface area (Å²) in [5.74, 6) is 0. The second-order valence-corrected chi connectivity index (χ2v) is 1.26. The number of unbranched alkanes of at least 4 members (excludes halogenated alkanes) is 1. The molecule has 0 rings (SSSR count). The molecule has 0 N–H and O–H groups in total. The molecule has 1 radical (unpaired) electrons. The maximum Gasteiger partial charge on any atom is 0.0700 e. The zero-order valence-electron chi connectivity index (χ0n) is 4.24. The number of ether oxygens (including phenoxy) is 1. The van der Waals surface area contributed by atoms with E-state index in [1.54, 1.807) is 0 Å². The smallest absolute Gasteiger partial charge is 0.0700 e. The molecular weight excluding hydrogens is 76.1 g/mol. The zero-order valence-corrected chi connectivity index (χ0v) is 4.24. The van der Waals surface area contributed by atoms with E-state index >= 15 is 0 Å². The third kappa shape index (κ3) is 3.96. The van der Waals surface area contributed by atoms with Gasteiger partial charge in [0.15, 0.2) is 0 Å². The molecule has 0 aromatic carbocycles. The van der Waals surface area contributed by atoms with Gasteiger partial charge < -0.3 is 4.74 Å². The van der Waals surface area contributed by atoms with E-state index in [0.717, 1.165) is 13.0 Å². The molecular formula is C5H11O. The van der Waals surface area contributed by atoms with Gasteiger partial charge in [0.05, 0.1) is 7.11 Å². The van der Waals surface area contributed by atoms with E-state index in [9.17, 15) is 0 Å². The van der Waals surface area contributed by atoms with Gasteiger partial charge in [-0.1, -0.05) is 13.3 Å². The first-order valence-corrected chi connectivity index (χ1v) is 2.28. The van der Waals surface area contributed by atoms with Crippen LogP contribution in [-0.2, 0) is 4.74 Å². The Labute approximate surface area is 39.3 Å². The Balaban J connectivity index is 2.34. The van der Waals surface area contributed by atoms with Crippen LogP contribution in [0.25, 0.3) is 0 Å². The Morgan fingerprint density at radius 1 is 1.67 bits per heavy atom. The van der Waals surface area contributed by atoms with E-state index in [4.69, 9.17) is 0 Å². The molecule has 1 heteroatoms. The lowest BCUT2D eigenvalue weighted by molar-refractivity contribution is 0.236. The molecule has 0 amide bonds. The molecule has 0 aromatic rings. The molecule has 0 saturated heterocycles. The summed E-state index contributed by atoms with van der Waals surface area (Å²) in [7, 11) is 3.22.